The summed E-state index contributed by atoms with van der Waals surface area (Å²) in [7, 11) is 1.60. The summed E-state index contributed by atoms with van der Waals surface area (Å²) >= 11 is 8.23. The van der Waals surface area contributed by atoms with Crippen LogP contribution in [0.1, 0.15) is 5.69 Å². The second-order valence-electron chi connectivity index (χ2n) is 3.66. The van der Waals surface area contributed by atoms with Crippen molar-refractivity contribution < 1.29 is 9.13 Å². The number of aromatic amines is 1. The van der Waals surface area contributed by atoms with E-state index in [0.717, 1.165) is 11.3 Å². The minimum atomic E-state index is -0.314. The van der Waals surface area contributed by atoms with Crippen molar-refractivity contribution >= 4 is 28.1 Å². The summed E-state index contributed by atoms with van der Waals surface area (Å²) in [4.78, 5) is 7.32. The molecule has 0 saturated carbocycles. The van der Waals surface area contributed by atoms with Crippen LogP contribution >= 0.6 is 28.1 Å². The lowest BCUT2D eigenvalue weighted by Crippen LogP contribution is -1.97. The van der Waals surface area contributed by atoms with Crippen LogP contribution in [0.5, 0.6) is 0 Å². The lowest BCUT2D eigenvalue weighted by molar-refractivity contribution is 0.181. The summed E-state index contributed by atoms with van der Waals surface area (Å²) in [6.07, 6.45) is 0. The fourth-order valence-corrected chi connectivity index (χ4v) is 2.13. The van der Waals surface area contributed by atoms with Crippen LogP contribution < -0.4 is 0 Å². The largest absolute Gasteiger partial charge is 0.378 e. The molecule has 0 aliphatic carbocycles. The maximum Gasteiger partial charge on any atom is 0.139 e. The molecule has 0 unspecified atom stereocenters. The molecule has 18 heavy (non-hydrogen) atoms. The van der Waals surface area contributed by atoms with E-state index in [1.165, 1.54) is 6.07 Å². The molecule has 0 bridgehead atoms. The second kappa shape index (κ2) is 5.69. The zero-order valence-corrected chi connectivity index (χ0v) is 11.9. The van der Waals surface area contributed by atoms with Gasteiger partial charge in [-0.1, -0.05) is 12.2 Å². The lowest BCUT2D eigenvalue weighted by atomic mass is 10.2. The topological polar surface area (TPSA) is 37.9 Å². The first kappa shape index (κ1) is 13.3. The molecule has 1 aromatic heterocycles. The third-order valence-electron chi connectivity index (χ3n) is 2.29. The van der Waals surface area contributed by atoms with Crippen LogP contribution in [0.2, 0.25) is 0 Å². The van der Waals surface area contributed by atoms with Crippen LogP contribution in [-0.4, -0.2) is 17.1 Å². The Bertz CT molecular complexity index is 630. The molecular formula is C12H10BrFN2OS. The van der Waals surface area contributed by atoms with E-state index in [-0.39, 0.29) is 5.82 Å². The number of ether oxygens (including phenoxy) is 1. The highest BCUT2D eigenvalue weighted by molar-refractivity contribution is 9.10. The number of nitrogens with zero attached hydrogens (tertiary/aromatic N) is 1. The molecular weight excluding hydrogens is 319 g/mol. The monoisotopic (exact) mass is 328 g/mol. The van der Waals surface area contributed by atoms with E-state index in [0.29, 0.717) is 21.5 Å². The van der Waals surface area contributed by atoms with Crippen molar-refractivity contribution in [3.05, 3.63) is 44.9 Å². The Balaban J connectivity index is 2.49. The normalized spacial score (nSPS) is 10.6. The van der Waals surface area contributed by atoms with Crippen molar-refractivity contribution in [2.24, 2.45) is 0 Å². The van der Waals surface area contributed by atoms with Gasteiger partial charge in [0.25, 0.3) is 0 Å². The number of H-pyrrole nitrogens is 1. The summed E-state index contributed by atoms with van der Waals surface area (Å²) in [6.45, 7) is 0.418. The van der Waals surface area contributed by atoms with Gasteiger partial charge >= 0.3 is 0 Å². The molecule has 1 heterocycles. The van der Waals surface area contributed by atoms with Gasteiger partial charge < -0.3 is 9.72 Å². The fraction of sp³-hybridized carbons (Fsp3) is 0.167. The first-order chi connectivity index (χ1) is 8.60. The molecule has 0 fully saturated rings. The van der Waals surface area contributed by atoms with E-state index in [4.69, 9.17) is 17.0 Å². The van der Waals surface area contributed by atoms with Crippen LogP contribution in [0, 0.1) is 10.5 Å². The SMILES string of the molecule is COCc1cc(=S)nc(-c2ccc(F)c(Br)c2)[nH]1. The number of hydrogen-bond donors (Lipinski definition) is 1. The Labute approximate surface area is 117 Å². The van der Waals surface area contributed by atoms with Crippen LogP contribution in [0.3, 0.4) is 0 Å². The number of halogens is 2. The zero-order chi connectivity index (χ0) is 13.1. The van der Waals surface area contributed by atoms with Crippen LogP contribution in [0.15, 0.2) is 28.7 Å². The molecule has 0 radical (unpaired) electrons. The second-order valence-corrected chi connectivity index (χ2v) is 4.93. The van der Waals surface area contributed by atoms with Gasteiger partial charge in [-0.3, -0.25) is 0 Å². The third-order valence-corrected chi connectivity index (χ3v) is 3.11. The highest BCUT2D eigenvalue weighted by Crippen LogP contribution is 2.23. The molecule has 1 aromatic carbocycles. The number of hydrogen-bond acceptors (Lipinski definition) is 3. The lowest BCUT2D eigenvalue weighted by Gasteiger charge is -2.06. The maximum absolute atomic E-state index is 13.2. The average molecular weight is 329 g/mol. The predicted molar refractivity (Wildman–Crippen MR) is 73.2 cm³/mol. The molecule has 1 N–H and O–H groups in total. The molecule has 2 rings (SSSR count). The van der Waals surface area contributed by atoms with Crippen molar-refractivity contribution in [3.63, 3.8) is 0 Å². The molecule has 2 aromatic rings. The van der Waals surface area contributed by atoms with Crippen molar-refractivity contribution in [3.8, 4) is 11.4 Å². The predicted octanol–water partition coefficient (Wildman–Crippen LogP) is 3.85. The van der Waals surface area contributed by atoms with Crippen LogP contribution in [-0.2, 0) is 11.3 Å². The number of benzene rings is 1. The van der Waals surface area contributed by atoms with Crippen LogP contribution in [0.4, 0.5) is 4.39 Å². The summed E-state index contributed by atoms with van der Waals surface area (Å²) in [5.74, 6) is 0.278. The molecule has 3 nitrogen and oxygen atoms in total. The standard InChI is InChI=1S/C12H10BrFN2OS/c1-17-6-8-5-11(18)16-12(15-8)7-2-3-10(14)9(13)4-7/h2-5H,6H2,1H3,(H,15,16,18). The van der Waals surface area contributed by atoms with E-state index in [2.05, 4.69) is 25.9 Å². The quantitative estimate of drug-likeness (QED) is 0.869. The average Bonchev–Trinajstić information content (AvgIpc) is 2.32. The minimum Gasteiger partial charge on any atom is -0.378 e. The molecule has 94 valence electrons. The minimum absolute atomic E-state index is 0.314. The van der Waals surface area contributed by atoms with Gasteiger partial charge in [-0.2, -0.15) is 0 Å². The first-order valence-corrected chi connectivity index (χ1v) is 6.35. The Morgan fingerprint density at radius 3 is 2.89 bits per heavy atom. The highest BCUT2D eigenvalue weighted by atomic mass is 79.9. The maximum atomic E-state index is 13.2. The summed E-state index contributed by atoms with van der Waals surface area (Å²) in [5.41, 5.74) is 1.58. The highest BCUT2D eigenvalue weighted by Gasteiger charge is 2.06. The molecule has 0 atom stereocenters. The van der Waals surface area contributed by atoms with Crippen molar-refractivity contribution in [1.82, 2.24) is 9.97 Å². The van der Waals surface area contributed by atoms with E-state index in [1.54, 1.807) is 25.3 Å². The van der Waals surface area contributed by atoms with E-state index >= 15 is 0 Å². The summed E-state index contributed by atoms with van der Waals surface area (Å²) in [5, 5.41) is 0. The van der Waals surface area contributed by atoms with Gasteiger partial charge in [-0.05, 0) is 40.2 Å². The molecule has 0 aliphatic heterocycles. The molecule has 6 heteroatoms. The smallest absolute Gasteiger partial charge is 0.139 e. The van der Waals surface area contributed by atoms with E-state index in [1.807, 2.05) is 0 Å². The Morgan fingerprint density at radius 2 is 2.22 bits per heavy atom. The Hall–Kier alpha value is -1.11. The fourth-order valence-electron chi connectivity index (χ4n) is 1.52. The molecule has 0 saturated heterocycles. The number of rotatable bonds is 3. The molecule has 0 spiro atoms. The van der Waals surface area contributed by atoms with Gasteiger partial charge in [0.2, 0.25) is 0 Å². The van der Waals surface area contributed by atoms with Gasteiger partial charge in [0.15, 0.2) is 0 Å². The van der Waals surface area contributed by atoms with Gasteiger partial charge in [-0.25, -0.2) is 9.37 Å². The third kappa shape index (κ3) is 3.01. The van der Waals surface area contributed by atoms with Gasteiger partial charge in [0.1, 0.15) is 16.3 Å². The Kier molecular flexibility index (Phi) is 4.21. The van der Waals surface area contributed by atoms with E-state index < -0.39 is 0 Å². The molecule has 0 aliphatic rings. The van der Waals surface area contributed by atoms with Crippen LogP contribution in [0.25, 0.3) is 11.4 Å². The van der Waals surface area contributed by atoms with Gasteiger partial charge in [-0.15, -0.1) is 0 Å². The molecule has 0 amide bonds. The van der Waals surface area contributed by atoms with Crippen molar-refractivity contribution in [1.29, 1.82) is 0 Å². The van der Waals surface area contributed by atoms with Gasteiger partial charge in [0, 0.05) is 18.4 Å². The van der Waals surface area contributed by atoms with E-state index in [9.17, 15) is 4.39 Å². The summed E-state index contributed by atoms with van der Waals surface area (Å²) < 4.78 is 19.1. The Morgan fingerprint density at radius 1 is 1.44 bits per heavy atom. The van der Waals surface area contributed by atoms with Gasteiger partial charge in [0.05, 0.1) is 11.1 Å². The number of methoxy groups -OCH3 is 1. The number of nitrogens with one attached hydrogen (secondary N) is 1. The zero-order valence-electron chi connectivity index (χ0n) is 9.54. The van der Waals surface area contributed by atoms with Crippen molar-refractivity contribution in [2.45, 2.75) is 6.61 Å². The summed E-state index contributed by atoms with van der Waals surface area (Å²) in [6, 6.07) is 6.41. The van der Waals surface area contributed by atoms with Crippen molar-refractivity contribution in [2.75, 3.05) is 7.11 Å². The first-order valence-electron chi connectivity index (χ1n) is 5.15. The number of aromatic nitrogens is 2.